The molecule has 0 bridgehead atoms. The van der Waals surface area contributed by atoms with Crippen molar-refractivity contribution in [2.45, 2.75) is 33.7 Å². The summed E-state index contributed by atoms with van der Waals surface area (Å²) in [7, 11) is 0. The monoisotopic (exact) mass is 234 g/mol. The fourth-order valence-electron chi connectivity index (χ4n) is 2.16. The minimum atomic E-state index is 0.437. The minimum Gasteiger partial charge on any atom is -0.309 e. The molecule has 2 nitrogen and oxygen atoms in total. The maximum Gasteiger partial charge on any atom is 0.0294 e. The minimum absolute atomic E-state index is 0.437. The van der Waals surface area contributed by atoms with Gasteiger partial charge >= 0.3 is 0 Å². The maximum absolute atomic E-state index is 3.60. The molecule has 1 atom stereocenters. The third kappa shape index (κ3) is 4.49. The summed E-state index contributed by atoms with van der Waals surface area (Å²) in [4.78, 5) is 2.44. The van der Waals surface area contributed by atoms with Crippen molar-refractivity contribution >= 4 is 0 Å². The first-order chi connectivity index (χ1) is 8.19. The van der Waals surface area contributed by atoms with Gasteiger partial charge in [-0.05, 0) is 38.1 Å². The molecular weight excluding hydrogens is 208 g/mol. The Kier molecular flexibility index (Phi) is 6.23. The maximum atomic E-state index is 3.60. The van der Waals surface area contributed by atoms with Crippen LogP contribution in [0.3, 0.4) is 0 Å². The zero-order chi connectivity index (χ0) is 12.7. The second-order valence-corrected chi connectivity index (χ2v) is 4.56. The van der Waals surface area contributed by atoms with E-state index in [0.717, 1.165) is 26.2 Å². The van der Waals surface area contributed by atoms with Crippen LogP contribution in [0.15, 0.2) is 24.3 Å². The van der Waals surface area contributed by atoms with E-state index in [1.807, 2.05) is 0 Å². The van der Waals surface area contributed by atoms with Crippen molar-refractivity contribution in [2.75, 3.05) is 26.2 Å². The van der Waals surface area contributed by atoms with Crippen molar-refractivity contribution < 1.29 is 0 Å². The highest BCUT2D eigenvalue weighted by atomic mass is 15.1. The lowest BCUT2D eigenvalue weighted by molar-refractivity contribution is 0.298. The van der Waals surface area contributed by atoms with Crippen LogP contribution in [0.1, 0.15) is 37.9 Å². The van der Waals surface area contributed by atoms with Gasteiger partial charge in [-0.2, -0.15) is 0 Å². The third-order valence-electron chi connectivity index (χ3n) is 3.43. The quantitative estimate of drug-likeness (QED) is 0.780. The van der Waals surface area contributed by atoms with Gasteiger partial charge in [0.1, 0.15) is 0 Å². The molecule has 0 spiro atoms. The van der Waals surface area contributed by atoms with Gasteiger partial charge in [0.15, 0.2) is 0 Å². The zero-order valence-corrected chi connectivity index (χ0v) is 11.7. The fraction of sp³-hybridized carbons (Fsp3) is 0.600. The summed E-state index contributed by atoms with van der Waals surface area (Å²) in [5.74, 6) is 0. The van der Waals surface area contributed by atoms with E-state index in [4.69, 9.17) is 0 Å². The molecular formula is C15H26N2. The van der Waals surface area contributed by atoms with Gasteiger partial charge in [-0.3, -0.25) is 0 Å². The average molecular weight is 234 g/mol. The largest absolute Gasteiger partial charge is 0.309 e. The van der Waals surface area contributed by atoms with Crippen molar-refractivity contribution in [3.8, 4) is 0 Å². The smallest absolute Gasteiger partial charge is 0.0294 e. The molecule has 0 saturated carbocycles. The standard InChI is InChI=1S/C15H26N2/c1-5-17(6-2)12-11-16-14(4)15-10-8-7-9-13(15)3/h7-10,14,16H,5-6,11-12H2,1-4H3. The molecule has 1 N–H and O–H groups in total. The number of likely N-dealkylation sites (N-methyl/N-ethyl adjacent to an activating group) is 1. The Hall–Kier alpha value is -0.860. The van der Waals surface area contributed by atoms with Crippen LogP contribution in [0.2, 0.25) is 0 Å². The first kappa shape index (κ1) is 14.2. The van der Waals surface area contributed by atoms with E-state index in [1.165, 1.54) is 11.1 Å². The summed E-state index contributed by atoms with van der Waals surface area (Å²) in [5, 5.41) is 3.60. The lowest BCUT2D eigenvalue weighted by Gasteiger charge is -2.21. The topological polar surface area (TPSA) is 15.3 Å². The van der Waals surface area contributed by atoms with E-state index in [-0.39, 0.29) is 0 Å². The average Bonchev–Trinajstić information content (AvgIpc) is 2.35. The van der Waals surface area contributed by atoms with Crippen molar-refractivity contribution in [3.63, 3.8) is 0 Å². The molecule has 17 heavy (non-hydrogen) atoms. The molecule has 1 unspecified atom stereocenters. The molecule has 96 valence electrons. The summed E-state index contributed by atoms with van der Waals surface area (Å²) in [6.45, 7) is 13.3. The predicted molar refractivity (Wildman–Crippen MR) is 75.4 cm³/mol. The van der Waals surface area contributed by atoms with Crippen LogP contribution in [0.25, 0.3) is 0 Å². The van der Waals surface area contributed by atoms with E-state index in [1.54, 1.807) is 0 Å². The predicted octanol–water partition coefficient (Wildman–Crippen LogP) is 2.99. The summed E-state index contributed by atoms with van der Waals surface area (Å²) < 4.78 is 0. The van der Waals surface area contributed by atoms with Crippen LogP contribution < -0.4 is 5.32 Å². The second kappa shape index (κ2) is 7.46. The molecule has 0 aliphatic heterocycles. The number of benzene rings is 1. The Bertz CT molecular complexity index is 318. The van der Waals surface area contributed by atoms with Gasteiger partial charge in [0.2, 0.25) is 0 Å². The summed E-state index contributed by atoms with van der Waals surface area (Å²) in [5.41, 5.74) is 2.78. The van der Waals surface area contributed by atoms with Crippen LogP contribution in [0, 0.1) is 6.92 Å². The van der Waals surface area contributed by atoms with E-state index < -0.39 is 0 Å². The second-order valence-electron chi connectivity index (χ2n) is 4.56. The number of hydrogen-bond acceptors (Lipinski definition) is 2. The molecule has 0 amide bonds. The normalized spacial score (nSPS) is 13.0. The van der Waals surface area contributed by atoms with Gasteiger partial charge in [0.25, 0.3) is 0 Å². The van der Waals surface area contributed by atoms with Gasteiger partial charge in [-0.25, -0.2) is 0 Å². The number of hydrogen-bond donors (Lipinski definition) is 1. The van der Waals surface area contributed by atoms with Crippen molar-refractivity contribution in [2.24, 2.45) is 0 Å². The van der Waals surface area contributed by atoms with Gasteiger partial charge in [0, 0.05) is 19.1 Å². The first-order valence-corrected chi connectivity index (χ1v) is 6.70. The van der Waals surface area contributed by atoms with Gasteiger partial charge in [-0.1, -0.05) is 38.1 Å². The highest BCUT2D eigenvalue weighted by Gasteiger charge is 2.07. The highest BCUT2D eigenvalue weighted by Crippen LogP contribution is 2.16. The Labute approximate surface area is 106 Å². The molecule has 0 aliphatic rings. The van der Waals surface area contributed by atoms with Crippen LogP contribution >= 0.6 is 0 Å². The van der Waals surface area contributed by atoms with Gasteiger partial charge in [0.05, 0.1) is 0 Å². The Balaban J connectivity index is 2.40. The molecule has 0 fully saturated rings. The molecule has 0 radical (unpaired) electrons. The summed E-state index contributed by atoms with van der Waals surface area (Å²) in [6, 6.07) is 9.04. The molecule has 0 aromatic heterocycles. The Morgan fingerprint density at radius 2 is 1.82 bits per heavy atom. The van der Waals surface area contributed by atoms with Crippen molar-refractivity contribution in [1.82, 2.24) is 10.2 Å². The van der Waals surface area contributed by atoms with Crippen LogP contribution in [0.5, 0.6) is 0 Å². The highest BCUT2D eigenvalue weighted by molar-refractivity contribution is 5.28. The van der Waals surface area contributed by atoms with Crippen molar-refractivity contribution in [3.05, 3.63) is 35.4 Å². The Morgan fingerprint density at radius 1 is 1.18 bits per heavy atom. The fourth-order valence-corrected chi connectivity index (χ4v) is 2.16. The van der Waals surface area contributed by atoms with Gasteiger partial charge in [-0.15, -0.1) is 0 Å². The Morgan fingerprint density at radius 3 is 2.41 bits per heavy atom. The van der Waals surface area contributed by atoms with Crippen LogP contribution in [-0.2, 0) is 0 Å². The lowest BCUT2D eigenvalue weighted by atomic mass is 10.0. The molecule has 1 rings (SSSR count). The van der Waals surface area contributed by atoms with Gasteiger partial charge < -0.3 is 10.2 Å². The van der Waals surface area contributed by atoms with Crippen LogP contribution in [-0.4, -0.2) is 31.1 Å². The first-order valence-electron chi connectivity index (χ1n) is 6.70. The molecule has 0 heterocycles. The van der Waals surface area contributed by atoms with E-state index in [0.29, 0.717) is 6.04 Å². The molecule has 0 aliphatic carbocycles. The van der Waals surface area contributed by atoms with Crippen LogP contribution in [0.4, 0.5) is 0 Å². The van der Waals surface area contributed by atoms with Crippen molar-refractivity contribution in [1.29, 1.82) is 0 Å². The van der Waals surface area contributed by atoms with E-state index >= 15 is 0 Å². The zero-order valence-electron chi connectivity index (χ0n) is 11.7. The number of nitrogens with one attached hydrogen (secondary N) is 1. The van der Waals surface area contributed by atoms with E-state index in [2.05, 4.69) is 62.2 Å². The number of aryl methyl sites for hydroxylation is 1. The molecule has 0 saturated heterocycles. The summed E-state index contributed by atoms with van der Waals surface area (Å²) in [6.07, 6.45) is 0. The third-order valence-corrected chi connectivity index (χ3v) is 3.43. The molecule has 2 heteroatoms. The van der Waals surface area contributed by atoms with E-state index in [9.17, 15) is 0 Å². The number of rotatable bonds is 7. The molecule has 1 aromatic rings. The SMILES string of the molecule is CCN(CC)CCNC(C)c1ccccc1C. The number of nitrogens with zero attached hydrogens (tertiary/aromatic N) is 1. The summed E-state index contributed by atoms with van der Waals surface area (Å²) >= 11 is 0. The lowest BCUT2D eigenvalue weighted by Crippen LogP contribution is -2.33. The molecule has 1 aromatic carbocycles.